The molecular weight excluding hydrogens is 371 g/mol. The monoisotopic (exact) mass is 392 g/mol. The quantitative estimate of drug-likeness (QED) is 0.820. The van der Waals surface area contributed by atoms with Crippen molar-refractivity contribution in [3.05, 3.63) is 59.9 Å². The molecule has 144 valence electrons. The largest absolute Gasteiger partial charge is 0.381 e. The third-order valence-electron chi connectivity index (χ3n) is 4.62. The van der Waals surface area contributed by atoms with Gasteiger partial charge in [0.05, 0.1) is 11.7 Å². The molecule has 0 saturated carbocycles. The number of sulfonamides is 1. The first kappa shape index (κ1) is 19.3. The molecule has 3 rings (SSSR count). The molecule has 1 heterocycles. The first-order valence-electron chi connectivity index (χ1n) is 8.52. The number of anilines is 2. The molecule has 2 aromatic rings. The Bertz CT molecular complexity index is 906. The van der Waals surface area contributed by atoms with Crippen LogP contribution in [0.2, 0.25) is 0 Å². The third kappa shape index (κ3) is 4.64. The van der Waals surface area contributed by atoms with Crippen LogP contribution in [0.4, 0.5) is 15.8 Å². The smallest absolute Gasteiger partial charge is 0.235 e. The summed E-state index contributed by atoms with van der Waals surface area (Å²) in [4.78, 5) is 13.1. The van der Waals surface area contributed by atoms with E-state index < -0.39 is 15.4 Å². The second-order valence-corrected chi connectivity index (χ2v) is 8.36. The highest BCUT2D eigenvalue weighted by molar-refractivity contribution is 7.92. The highest BCUT2D eigenvalue weighted by Crippen LogP contribution is 2.36. The second-order valence-electron chi connectivity index (χ2n) is 6.61. The summed E-state index contributed by atoms with van der Waals surface area (Å²) in [5.41, 5.74) is 0.914. The van der Waals surface area contributed by atoms with Crippen LogP contribution >= 0.6 is 0 Å². The molecule has 0 atom stereocenters. The van der Waals surface area contributed by atoms with E-state index >= 15 is 0 Å². The maximum absolute atomic E-state index is 13.3. The van der Waals surface area contributed by atoms with Crippen LogP contribution in [-0.4, -0.2) is 33.8 Å². The van der Waals surface area contributed by atoms with Crippen molar-refractivity contribution in [2.45, 2.75) is 18.3 Å². The van der Waals surface area contributed by atoms with Gasteiger partial charge in [0.15, 0.2) is 0 Å². The van der Waals surface area contributed by atoms with Crippen molar-refractivity contribution >= 4 is 27.3 Å². The average Bonchev–Trinajstić information content (AvgIpc) is 2.63. The maximum atomic E-state index is 13.3. The third-order valence-corrected chi connectivity index (χ3v) is 5.23. The Labute approximate surface area is 157 Å². The van der Waals surface area contributed by atoms with Gasteiger partial charge in [0.25, 0.3) is 0 Å². The molecule has 1 fully saturated rings. The Morgan fingerprint density at radius 2 is 1.56 bits per heavy atom. The van der Waals surface area contributed by atoms with E-state index in [0.717, 1.165) is 11.8 Å². The molecule has 1 aliphatic heterocycles. The molecule has 0 aliphatic carbocycles. The summed E-state index contributed by atoms with van der Waals surface area (Å²) in [5.74, 6) is -0.545. The van der Waals surface area contributed by atoms with Gasteiger partial charge >= 0.3 is 0 Å². The maximum Gasteiger partial charge on any atom is 0.235 e. The van der Waals surface area contributed by atoms with E-state index in [2.05, 4.69) is 10.0 Å². The molecule has 8 heteroatoms. The minimum absolute atomic E-state index is 0.193. The van der Waals surface area contributed by atoms with Gasteiger partial charge in [-0.2, -0.15) is 0 Å². The van der Waals surface area contributed by atoms with Crippen molar-refractivity contribution in [2.24, 2.45) is 0 Å². The van der Waals surface area contributed by atoms with Crippen LogP contribution in [-0.2, 0) is 25.0 Å². The van der Waals surface area contributed by atoms with Gasteiger partial charge in [0.1, 0.15) is 5.82 Å². The number of carbonyl (C=O) groups excluding carboxylic acids is 1. The Hall–Kier alpha value is -2.45. The number of benzene rings is 2. The summed E-state index contributed by atoms with van der Waals surface area (Å²) < 4.78 is 43.6. The summed E-state index contributed by atoms with van der Waals surface area (Å²) in [7, 11) is -3.36. The summed E-state index contributed by atoms with van der Waals surface area (Å²) in [5, 5.41) is 2.89. The van der Waals surface area contributed by atoms with Crippen LogP contribution in [0.5, 0.6) is 0 Å². The average molecular weight is 392 g/mol. The summed E-state index contributed by atoms with van der Waals surface area (Å²) in [6.07, 6.45) is 2.07. The van der Waals surface area contributed by atoms with E-state index in [0.29, 0.717) is 37.4 Å². The van der Waals surface area contributed by atoms with Gasteiger partial charge in [-0.25, -0.2) is 12.8 Å². The highest BCUT2D eigenvalue weighted by Gasteiger charge is 2.41. The van der Waals surface area contributed by atoms with Crippen LogP contribution in [0.3, 0.4) is 0 Å². The number of halogens is 1. The summed E-state index contributed by atoms with van der Waals surface area (Å²) >= 11 is 0. The molecule has 6 nitrogen and oxygen atoms in total. The molecule has 1 aliphatic rings. The van der Waals surface area contributed by atoms with Crippen LogP contribution in [0.1, 0.15) is 18.4 Å². The minimum atomic E-state index is -3.36. The number of amides is 1. The number of ether oxygens (including phenoxy) is 1. The van der Waals surface area contributed by atoms with Crippen molar-refractivity contribution in [3.8, 4) is 0 Å². The predicted molar refractivity (Wildman–Crippen MR) is 102 cm³/mol. The van der Waals surface area contributed by atoms with Crippen LogP contribution < -0.4 is 10.0 Å². The predicted octanol–water partition coefficient (Wildman–Crippen LogP) is 2.88. The van der Waals surface area contributed by atoms with Crippen molar-refractivity contribution < 1.29 is 22.3 Å². The zero-order valence-corrected chi connectivity index (χ0v) is 15.7. The SMILES string of the molecule is CS(=O)(=O)Nc1ccc(NC(=O)C2(c3ccc(F)cc3)CCOCC2)cc1. The summed E-state index contributed by atoms with van der Waals surface area (Å²) in [6, 6.07) is 12.4. The van der Waals surface area contributed by atoms with E-state index in [9.17, 15) is 17.6 Å². The molecule has 2 N–H and O–H groups in total. The van der Waals surface area contributed by atoms with Crippen molar-refractivity contribution in [2.75, 3.05) is 29.5 Å². The lowest BCUT2D eigenvalue weighted by Crippen LogP contribution is -2.44. The first-order chi connectivity index (χ1) is 12.8. The van der Waals surface area contributed by atoms with Gasteiger partial charge in [-0.05, 0) is 54.8 Å². The van der Waals surface area contributed by atoms with Gasteiger partial charge < -0.3 is 10.1 Å². The van der Waals surface area contributed by atoms with E-state index in [4.69, 9.17) is 4.74 Å². The van der Waals surface area contributed by atoms with Crippen molar-refractivity contribution in [1.29, 1.82) is 0 Å². The van der Waals surface area contributed by atoms with E-state index in [1.807, 2.05) is 0 Å². The zero-order chi connectivity index (χ0) is 19.5. The lowest BCUT2D eigenvalue weighted by atomic mass is 9.73. The fourth-order valence-corrected chi connectivity index (χ4v) is 3.79. The van der Waals surface area contributed by atoms with E-state index in [1.54, 1.807) is 36.4 Å². The molecule has 1 saturated heterocycles. The number of hydrogen-bond donors (Lipinski definition) is 2. The van der Waals surface area contributed by atoms with Crippen LogP contribution in [0.15, 0.2) is 48.5 Å². The molecule has 0 spiro atoms. The number of carbonyl (C=O) groups is 1. The van der Waals surface area contributed by atoms with Crippen molar-refractivity contribution in [1.82, 2.24) is 0 Å². The summed E-state index contributed by atoms with van der Waals surface area (Å²) in [6.45, 7) is 0.893. The molecule has 0 radical (unpaired) electrons. The van der Waals surface area contributed by atoms with Gasteiger partial charge in [-0.15, -0.1) is 0 Å². The molecule has 2 aromatic carbocycles. The number of rotatable bonds is 5. The van der Waals surface area contributed by atoms with Gasteiger partial charge in [0, 0.05) is 24.6 Å². The normalized spacial score (nSPS) is 16.5. The van der Waals surface area contributed by atoms with Crippen molar-refractivity contribution in [3.63, 3.8) is 0 Å². The van der Waals surface area contributed by atoms with Crippen LogP contribution in [0.25, 0.3) is 0 Å². The highest BCUT2D eigenvalue weighted by atomic mass is 32.2. The van der Waals surface area contributed by atoms with Gasteiger partial charge in [0.2, 0.25) is 15.9 Å². The lowest BCUT2D eigenvalue weighted by Gasteiger charge is -2.36. The second kappa shape index (κ2) is 7.66. The first-order valence-corrected chi connectivity index (χ1v) is 10.4. The Morgan fingerprint density at radius 3 is 2.11 bits per heavy atom. The van der Waals surface area contributed by atoms with Crippen LogP contribution in [0, 0.1) is 5.82 Å². The molecular formula is C19H21FN2O4S. The number of nitrogens with one attached hydrogen (secondary N) is 2. The Morgan fingerprint density at radius 1 is 1.00 bits per heavy atom. The molecule has 0 bridgehead atoms. The van der Waals surface area contributed by atoms with E-state index in [1.165, 1.54) is 12.1 Å². The Kier molecular flexibility index (Phi) is 5.48. The number of hydrogen-bond acceptors (Lipinski definition) is 4. The Balaban J connectivity index is 1.82. The molecule has 0 unspecified atom stereocenters. The van der Waals surface area contributed by atoms with E-state index in [-0.39, 0.29) is 11.7 Å². The molecule has 0 aromatic heterocycles. The fourth-order valence-electron chi connectivity index (χ4n) is 3.22. The topological polar surface area (TPSA) is 84.5 Å². The molecule has 27 heavy (non-hydrogen) atoms. The molecule has 1 amide bonds. The lowest BCUT2D eigenvalue weighted by molar-refractivity contribution is -0.125. The zero-order valence-electron chi connectivity index (χ0n) is 14.9. The minimum Gasteiger partial charge on any atom is -0.381 e. The standard InChI is InChI=1S/C19H21FN2O4S/c1-27(24,25)22-17-8-6-16(7-9-17)21-18(23)19(10-12-26-13-11-19)14-2-4-15(20)5-3-14/h2-9,22H,10-13H2,1H3,(H,21,23). The van der Waals surface area contributed by atoms with Gasteiger partial charge in [-0.1, -0.05) is 12.1 Å². The fraction of sp³-hybridized carbons (Fsp3) is 0.316. The van der Waals surface area contributed by atoms with Gasteiger partial charge in [-0.3, -0.25) is 9.52 Å².